The number of ketones is 2. The number of unbranched alkanes of at least 4 members (excludes halogenated alkanes) is 2. The fourth-order valence-electron chi connectivity index (χ4n) is 3.04. The van der Waals surface area contributed by atoms with Gasteiger partial charge in [-0.25, -0.2) is 0 Å². The van der Waals surface area contributed by atoms with E-state index < -0.39 is 25.4 Å². The molecule has 0 rings (SSSR count). The van der Waals surface area contributed by atoms with Gasteiger partial charge in [-0.2, -0.15) is 0 Å². The average molecular weight is 391 g/mol. The highest BCUT2D eigenvalue weighted by Gasteiger charge is 2.25. The first-order valence-corrected chi connectivity index (χ1v) is 10.2. The molecule has 0 amide bonds. The summed E-state index contributed by atoms with van der Waals surface area (Å²) in [6.45, 7) is 3.56. The molecule has 7 nitrogen and oxygen atoms in total. The molecule has 0 saturated heterocycles. The highest BCUT2D eigenvalue weighted by Crippen LogP contribution is 2.18. The summed E-state index contributed by atoms with van der Waals surface area (Å²) in [5.74, 6) is -1.39. The van der Waals surface area contributed by atoms with Crippen molar-refractivity contribution in [2.24, 2.45) is 11.8 Å². The van der Waals surface area contributed by atoms with E-state index in [-0.39, 0.29) is 23.4 Å². The van der Waals surface area contributed by atoms with Gasteiger partial charge in [0, 0.05) is 25.0 Å². The van der Waals surface area contributed by atoms with Crippen molar-refractivity contribution in [3.63, 3.8) is 0 Å². The van der Waals surface area contributed by atoms with Crippen molar-refractivity contribution >= 4 is 11.6 Å². The number of ether oxygens (including phenoxy) is 1. The van der Waals surface area contributed by atoms with Gasteiger partial charge in [-0.05, 0) is 25.7 Å². The third kappa shape index (κ3) is 10.9. The van der Waals surface area contributed by atoms with E-state index in [9.17, 15) is 19.8 Å². The molecule has 0 saturated carbocycles. The van der Waals surface area contributed by atoms with Crippen LogP contribution in [0, 0.1) is 11.8 Å². The minimum atomic E-state index is -1.34. The van der Waals surface area contributed by atoms with Gasteiger partial charge < -0.3 is 25.2 Å². The Bertz CT molecular complexity index is 364. The summed E-state index contributed by atoms with van der Waals surface area (Å²) in [7, 11) is 0. The SMILES string of the molecule is CCCCC(CCOCCC(CCCC)C(=O)C(O)CO)C(=O)C(O)CO. The van der Waals surface area contributed by atoms with Crippen molar-refractivity contribution in [3.8, 4) is 0 Å². The maximum Gasteiger partial charge on any atom is 0.166 e. The molecule has 160 valence electrons. The molecule has 0 aromatic heterocycles. The van der Waals surface area contributed by atoms with Crippen LogP contribution in [0.4, 0.5) is 0 Å². The molecular weight excluding hydrogens is 352 g/mol. The molecule has 0 heterocycles. The van der Waals surface area contributed by atoms with Crippen LogP contribution >= 0.6 is 0 Å². The molecule has 7 heteroatoms. The summed E-state index contributed by atoms with van der Waals surface area (Å²) < 4.78 is 5.59. The standard InChI is InChI=1S/C20H38O7/c1-3-5-7-15(19(25)17(23)13-21)9-11-27-12-10-16(8-6-4-2)20(26)18(24)14-22/h15-18,21-24H,3-14H2,1-2H3. The quantitative estimate of drug-likeness (QED) is 0.260. The van der Waals surface area contributed by atoms with Crippen molar-refractivity contribution in [1.82, 2.24) is 0 Å². The van der Waals surface area contributed by atoms with Gasteiger partial charge in [-0.1, -0.05) is 39.5 Å². The van der Waals surface area contributed by atoms with Crippen LogP contribution in [0.25, 0.3) is 0 Å². The lowest BCUT2D eigenvalue weighted by Gasteiger charge is -2.20. The van der Waals surface area contributed by atoms with E-state index in [0.29, 0.717) is 38.9 Å². The molecule has 27 heavy (non-hydrogen) atoms. The minimum absolute atomic E-state index is 0.329. The van der Waals surface area contributed by atoms with Crippen LogP contribution in [0.1, 0.15) is 65.2 Å². The second-order valence-corrected chi connectivity index (χ2v) is 7.07. The van der Waals surface area contributed by atoms with E-state index >= 15 is 0 Å². The van der Waals surface area contributed by atoms with Crippen molar-refractivity contribution in [1.29, 1.82) is 0 Å². The lowest BCUT2D eigenvalue weighted by molar-refractivity contribution is -0.134. The zero-order chi connectivity index (χ0) is 20.7. The number of hydrogen-bond donors (Lipinski definition) is 4. The van der Waals surface area contributed by atoms with Gasteiger partial charge >= 0.3 is 0 Å². The summed E-state index contributed by atoms with van der Waals surface area (Å²) in [5.41, 5.74) is 0. The van der Waals surface area contributed by atoms with E-state index in [0.717, 1.165) is 25.7 Å². The van der Waals surface area contributed by atoms with Gasteiger partial charge in [0.15, 0.2) is 11.6 Å². The minimum Gasteiger partial charge on any atom is -0.393 e. The van der Waals surface area contributed by atoms with E-state index in [1.165, 1.54) is 0 Å². The highest BCUT2D eigenvalue weighted by molar-refractivity contribution is 5.85. The molecule has 4 atom stereocenters. The molecule has 0 aliphatic carbocycles. The largest absolute Gasteiger partial charge is 0.393 e. The number of Topliss-reactive ketones (excluding diaryl/α,β-unsaturated/α-hetero) is 2. The van der Waals surface area contributed by atoms with Crippen molar-refractivity contribution < 1.29 is 34.8 Å². The van der Waals surface area contributed by atoms with Crippen LogP contribution in [0.3, 0.4) is 0 Å². The van der Waals surface area contributed by atoms with Gasteiger partial charge in [-0.15, -0.1) is 0 Å². The number of hydrogen-bond acceptors (Lipinski definition) is 7. The van der Waals surface area contributed by atoms with Crippen molar-refractivity contribution in [2.75, 3.05) is 26.4 Å². The summed E-state index contributed by atoms with van der Waals surface area (Å²) in [6.07, 6.45) is 3.13. The van der Waals surface area contributed by atoms with E-state index in [2.05, 4.69) is 0 Å². The molecule has 4 unspecified atom stereocenters. The summed E-state index contributed by atoms with van der Waals surface area (Å²) in [5, 5.41) is 37.1. The number of aliphatic hydroxyl groups is 4. The number of aliphatic hydroxyl groups excluding tert-OH is 4. The zero-order valence-corrected chi connectivity index (χ0v) is 16.8. The molecule has 4 N–H and O–H groups in total. The number of carbonyl (C=O) groups is 2. The average Bonchev–Trinajstić information content (AvgIpc) is 2.69. The Hall–Kier alpha value is -0.860. The Morgan fingerprint density at radius 3 is 1.41 bits per heavy atom. The predicted octanol–water partition coefficient (Wildman–Crippen LogP) is 1.24. The second kappa shape index (κ2) is 16.1. The Morgan fingerprint density at radius 2 is 1.11 bits per heavy atom. The second-order valence-electron chi connectivity index (χ2n) is 7.07. The maximum atomic E-state index is 12.1. The Labute approximate surface area is 162 Å². The van der Waals surface area contributed by atoms with Gasteiger partial charge in [-0.3, -0.25) is 9.59 Å². The van der Waals surface area contributed by atoms with Crippen LogP contribution in [-0.4, -0.2) is 70.6 Å². The molecule has 0 spiro atoms. The lowest BCUT2D eigenvalue weighted by atomic mass is 9.91. The lowest BCUT2D eigenvalue weighted by Crippen LogP contribution is -2.32. The molecule has 0 aromatic rings. The van der Waals surface area contributed by atoms with Crippen LogP contribution in [-0.2, 0) is 14.3 Å². The van der Waals surface area contributed by atoms with Gasteiger partial charge in [0.2, 0.25) is 0 Å². The summed E-state index contributed by atoms with van der Waals surface area (Å²) in [4.78, 5) is 24.2. The van der Waals surface area contributed by atoms with Gasteiger partial charge in [0.05, 0.1) is 13.2 Å². The number of carbonyl (C=O) groups excluding carboxylic acids is 2. The van der Waals surface area contributed by atoms with Crippen LogP contribution in [0.5, 0.6) is 0 Å². The van der Waals surface area contributed by atoms with E-state index in [1.54, 1.807) is 0 Å². The topological polar surface area (TPSA) is 124 Å². The third-order valence-electron chi connectivity index (χ3n) is 4.84. The third-order valence-corrected chi connectivity index (χ3v) is 4.84. The predicted molar refractivity (Wildman–Crippen MR) is 102 cm³/mol. The van der Waals surface area contributed by atoms with Gasteiger partial charge in [0.1, 0.15) is 12.2 Å². The van der Waals surface area contributed by atoms with E-state index in [1.807, 2.05) is 13.8 Å². The highest BCUT2D eigenvalue weighted by atomic mass is 16.5. The zero-order valence-electron chi connectivity index (χ0n) is 16.8. The molecule has 0 radical (unpaired) electrons. The fourth-order valence-corrected chi connectivity index (χ4v) is 3.04. The number of rotatable bonds is 18. The monoisotopic (exact) mass is 390 g/mol. The van der Waals surface area contributed by atoms with Gasteiger partial charge in [0.25, 0.3) is 0 Å². The molecule has 0 aliphatic heterocycles. The maximum absolute atomic E-state index is 12.1. The van der Waals surface area contributed by atoms with Crippen molar-refractivity contribution in [2.45, 2.75) is 77.4 Å². The summed E-state index contributed by atoms with van der Waals surface area (Å²) >= 11 is 0. The normalized spacial score (nSPS) is 15.9. The summed E-state index contributed by atoms with van der Waals surface area (Å²) in [6, 6.07) is 0. The van der Waals surface area contributed by atoms with E-state index in [4.69, 9.17) is 14.9 Å². The van der Waals surface area contributed by atoms with Crippen LogP contribution in [0.15, 0.2) is 0 Å². The molecule has 0 fully saturated rings. The molecule has 0 aliphatic rings. The first kappa shape index (κ1) is 26.1. The Kier molecular flexibility index (Phi) is 15.6. The first-order valence-electron chi connectivity index (χ1n) is 10.2. The van der Waals surface area contributed by atoms with Crippen LogP contribution < -0.4 is 0 Å². The Balaban J connectivity index is 4.41. The first-order chi connectivity index (χ1) is 12.9. The molecular formula is C20H38O7. The Morgan fingerprint density at radius 1 is 0.741 bits per heavy atom. The van der Waals surface area contributed by atoms with Crippen molar-refractivity contribution in [3.05, 3.63) is 0 Å². The molecule has 0 bridgehead atoms. The fraction of sp³-hybridized carbons (Fsp3) is 0.900. The van der Waals surface area contributed by atoms with Crippen LogP contribution in [0.2, 0.25) is 0 Å². The molecule has 0 aromatic carbocycles. The smallest absolute Gasteiger partial charge is 0.166 e.